The molecule has 1 N–H and O–H groups in total. The Balaban J connectivity index is 0.00000306. The Morgan fingerprint density at radius 1 is 1.21 bits per heavy atom. The van der Waals surface area contributed by atoms with Crippen LogP contribution in [0, 0.1) is 0 Å². The maximum absolute atomic E-state index is 5.79. The second-order valence-corrected chi connectivity index (χ2v) is 8.19. The first kappa shape index (κ1) is 25.5. The van der Waals surface area contributed by atoms with Crippen molar-refractivity contribution in [3.8, 4) is 5.75 Å². The third-order valence-corrected chi connectivity index (χ3v) is 6.13. The van der Waals surface area contributed by atoms with E-state index in [2.05, 4.69) is 48.9 Å². The number of guanidine groups is 1. The molecular weight excluding hydrogens is 533 g/mol. The van der Waals surface area contributed by atoms with Gasteiger partial charge >= 0.3 is 0 Å². The standard InChI is InChI=1S/C23H35N7O2.HI/c1-3-22-27-26-18-30(22)11-10-24-23(25-17-21-5-4-16-32-21)29-14-12-28(13-15-29)19-6-8-20(31-2)9-7-19;/h6-9,18,21H,3-5,10-17H2,1-2H3,(H,24,25);1H. The number of hydrogen-bond donors (Lipinski definition) is 1. The molecule has 1 atom stereocenters. The van der Waals surface area contributed by atoms with Crippen molar-refractivity contribution in [3.63, 3.8) is 0 Å². The highest BCUT2D eigenvalue weighted by atomic mass is 127. The van der Waals surface area contributed by atoms with Gasteiger partial charge in [-0.1, -0.05) is 6.92 Å². The summed E-state index contributed by atoms with van der Waals surface area (Å²) in [6.45, 7) is 9.05. The summed E-state index contributed by atoms with van der Waals surface area (Å²) in [5.41, 5.74) is 1.23. The molecule has 1 unspecified atom stereocenters. The van der Waals surface area contributed by atoms with Crippen LogP contribution in [0.3, 0.4) is 0 Å². The van der Waals surface area contributed by atoms with Crippen LogP contribution in [0.15, 0.2) is 35.6 Å². The highest BCUT2D eigenvalue weighted by Crippen LogP contribution is 2.20. The van der Waals surface area contributed by atoms with Crippen LogP contribution in [0.5, 0.6) is 5.75 Å². The van der Waals surface area contributed by atoms with E-state index in [1.165, 1.54) is 5.69 Å². The van der Waals surface area contributed by atoms with E-state index in [1.807, 2.05) is 12.1 Å². The quantitative estimate of drug-likeness (QED) is 0.297. The highest BCUT2D eigenvalue weighted by Gasteiger charge is 2.21. The van der Waals surface area contributed by atoms with Crippen LogP contribution in [0.4, 0.5) is 5.69 Å². The normalized spacial score (nSPS) is 18.8. The first-order chi connectivity index (χ1) is 15.8. The number of hydrogen-bond acceptors (Lipinski definition) is 6. The summed E-state index contributed by atoms with van der Waals surface area (Å²) >= 11 is 0. The van der Waals surface area contributed by atoms with E-state index < -0.39 is 0 Å². The predicted octanol–water partition coefficient (Wildman–Crippen LogP) is 2.41. The van der Waals surface area contributed by atoms with E-state index in [9.17, 15) is 0 Å². The van der Waals surface area contributed by atoms with Crippen molar-refractivity contribution in [3.05, 3.63) is 36.4 Å². The molecule has 9 nitrogen and oxygen atoms in total. The number of halogens is 1. The van der Waals surface area contributed by atoms with Crippen molar-refractivity contribution >= 4 is 35.6 Å². The molecule has 182 valence electrons. The number of aliphatic imine (C=N–C) groups is 1. The van der Waals surface area contributed by atoms with E-state index >= 15 is 0 Å². The Morgan fingerprint density at radius 2 is 2.00 bits per heavy atom. The van der Waals surface area contributed by atoms with Crippen LogP contribution in [0.1, 0.15) is 25.6 Å². The van der Waals surface area contributed by atoms with E-state index in [0.717, 1.165) is 82.7 Å². The number of aromatic nitrogens is 3. The van der Waals surface area contributed by atoms with E-state index in [0.29, 0.717) is 6.54 Å². The smallest absolute Gasteiger partial charge is 0.194 e. The van der Waals surface area contributed by atoms with Gasteiger partial charge in [0.05, 0.1) is 19.8 Å². The fourth-order valence-corrected chi connectivity index (χ4v) is 4.24. The molecule has 2 saturated heterocycles. The number of piperazine rings is 1. The molecule has 1 aromatic heterocycles. The number of nitrogens with zero attached hydrogens (tertiary/aromatic N) is 6. The zero-order valence-electron chi connectivity index (χ0n) is 19.7. The van der Waals surface area contributed by atoms with Crippen molar-refractivity contribution in [2.75, 3.05) is 57.9 Å². The molecule has 2 fully saturated rings. The minimum Gasteiger partial charge on any atom is -0.497 e. The lowest BCUT2D eigenvalue weighted by Gasteiger charge is -2.38. The zero-order valence-corrected chi connectivity index (χ0v) is 22.0. The summed E-state index contributed by atoms with van der Waals surface area (Å²) in [6, 6.07) is 8.30. The Morgan fingerprint density at radius 3 is 2.67 bits per heavy atom. The van der Waals surface area contributed by atoms with Crippen LogP contribution in [-0.4, -0.2) is 84.7 Å². The zero-order chi connectivity index (χ0) is 22.2. The minimum absolute atomic E-state index is 0. The molecule has 0 aliphatic carbocycles. The van der Waals surface area contributed by atoms with Gasteiger partial charge in [-0.15, -0.1) is 34.2 Å². The van der Waals surface area contributed by atoms with Crippen molar-refractivity contribution in [1.82, 2.24) is 25.0 Å². The summed E-state index contributed by atoms with van der Waals surface area (Å²) in [5, 5.41) is 11.8. The molecular formula is C23H36IN7O2. The lowest BCUT2D eigenvalue weighted by atomic mass is 10.2. The number of benzene rings is 1. The topological polar surface area (TPSA) is 80.0 Å². The molecule has 0 spiro atoms. The molecule has 3 heterocycles. The molecule has 33 heavy (non-hydrogen) atoms. The number of aryl methyl sites for hydroxylation is 1. The number of ether oxygens (including phenoxy) is 2. The Bertz CT molecular complexity index is 860. The summed E-state index contributed by atoms with van der Waals surface area (Å²) in [5.74, 6) is 2.87. The Labute approximate surface area is 213 Å². The van der Waals surface area contributed by atoms with Gasteiger partial charge in [-0.2, -0.15) is 0 Å². The van der Waals surface area contributed by atoms with Crippen LogP contribution >= 0.6 is 24.0 Å². The van der Waals surface area contributed by atoms with Gasteiger partial charge in [0.25, 0.3) is 0 Å². The van der Waals surface area contributed by atoms with Crippen LogP contribution in [0.25, 0.3) is 0 Å². The van der Waals surface area contributed by atoms with Crippen LogP contribution in [-0.2, 0) is 17.7 Å². The third-order valence-electron chi connectivity index (χ3n) is 6.13. The maximum atomic E-state index is 5.79. The second-order valence-electron chi connectivity index (χ2n) is 8.19. The predicted molar refractivity (Wildman–Crippen MR) is 141 cm³/mol. The van der Waals surface area contributed by atoms with Gasteiger partial charge in [-0.05, 0) is 37.1 Å². The SMILES string of the molecule is CCc1nncn1CCNC(=NCC1CCCO1)N1CCN(c2ccc(OC)cc2)CC1.I. The summed E-state index contributed by atoms with van der Waals surface area (Å²) < 4.78 is 13.2. The number of methoxy groups -OCH3 is 1. The van der Waals surface area contributed by atoms with Gasteiger partial charge in [0.1, 0.15) is 17.9 Å². The molecule has 2 aromatic rings. The van der Waals surface area contributed by atoms with Gasteiger partial charge in [-0.25, -0.2) is 0 Å². The van der Waals surface area contributed by atoms with Crippen molar-refractivity contribution in [1.29, 1.82) is 0 Å². The van der Waals surface area contributed by atoms with Gasteiger partial charge in [0.2, 0.25) is 0 Å². The molecule has 0 bridgehead atoms. The minimum atomic E-state index is 0. The van der Waals surface area contributed by atoms with E-state index in [4.69, 9.17) is 14.5 Å². The summed E-state index contributed by atoms with van der Waals surface area (Å²) in [4.78, 5) is 9.72. The van der Waals surface area contributed by atoms with Gasteiger partial charge < -0.3 is 29.2 Å². The average molecular weight is 569 g/mol. The largest absolute Gasteiger partial charge is 0.497 e. The first-order valence-electron chi connectivity index (χ1n) is 11.7. The molecule has 2 aliphatic rings. The van der Waals surface area contributed by atoms with E-state index in [-0.39, 0.29) is 30.1 Å². The summed E-state index contributed by atoms with van der Waals surface area (Å²) in [6.07, 6.45) is 5.17. The monoisotopic (exact) mass is 569 g/mol. The van der Waals surface area contributed by atoms with Crippen LogP contribution in [0.2, 0.25) is 0 Å². The number of nitrogens with one attached hydrogen (secondary N) is 1. The van der Waals surface area contributed by atoms with Crippen molar-refractivity contribution in [2.45, 2.75) is 38.8 Å². The lowest BCUT2D eigenvalue weighted by molar-refractivity contribution is 0.117. The molecule has 0 radical (unpaired) electrons. The van der Waals surface area contributed by atoms with E-state index in [1.54, 1.807) is 13.4 Å². The number of anilines is 1. The molecule has 10 heteroatoms. The first-order valence-corrected chi connectivity index (χ1v) is 11.7. The molecule has 4 rings (SSSR count). The van der Waals surface area contributed by atoms with Crippen molar-refractivity contribution in [2.24, 2.45) is 4.99 Å². The fourth-order valence-electron chi connectivity index (χ4n) is 4.24. The Kier molecular flexibility index (Phi) is 10.0. The average Bonchev–Trinajstić information content (AvgIpc) is 3.53. The second kappa shape index (κ2) is 13.0. The highest BCUT2D eigenvalue weighted by molar-refractivity contribution is 14.0. The summed E-state index contributed by atoms with van der Waals surface area (Å²) in [7, 11) is 1.70. The molecule has 1 aromatic carbocycles. The lowest BCUT2D eigenvalue weighted by Crippen LogP contribution is -2.53. The number of rotatable bonds is 8. The maximum Gasteiger partial charge on any atom is 0.194 e. The third kappa shape index (κ3) is 6.95. The molecule has 2 aliphatic heterocycles. The molecule has 0 amide bonds. The van der Waals surface area contributed by atoms with Gasteiger partial charge in [0, 0.05) is 58.0 Å². The van der Waals surface area contributed by atoms with Crippen molar-refractivity contribution < 1.29 is 9.47 Å². The fraction of sp³-hybridized carbons (Fsp3) is 0.609. The Hall–Kier alpha value is -2.08. The van der Waals surface area contributed by atoms with Gasteiger partial charge in [-0.3, -0.25) is 4.99 Å². The van der Waals surface area contributed by atoms with Crippen LogP contribution < -0.4 is 15.0 Å². The van der Waals surface area contributed by atoms with Gasteiger partial charge in [0.15, 0.2) is 5.96 Å². The molecule has 0 saturated carbocycles.